The molecule has 0 saturated heterocycles. The van der Waals surface area contributed by atoms with Crippen molar-refractivity contribution in [1.82, 2.24) is 0 Å². The highest BCUT2D eigenvalue weighted by Crippen LogP contribution is 2.35. The summed E-state index contributed by atoms with van der Waals surface area (Å²) in [4.78, 5) is 0. The summed E-state index contributed by atoms with van der Waals surface area (Å²) in [7, 11) is 0. The molecule has 2 rings (SSSR count). The third-order valence-electron chi connectivity index (χ3n) is 4.78. The molecule has 0 N–H and O–H groups in total. The largest absolute Gasteiger partial charge is 0.493 e. The summed E-state index contributed by atoms with van der Waals surface area (Å²) in [5.41, 5.74) is 0. The predicted molar refractivity (Wildman–Crippen MR) is 105 cm³/mol. The van der Waals surface area contributed by atoms with Gasteiger partial charge in [0, 0.05) is 5.02 Å². The number of benzene rings is 1. The Labute approximate surface area is 152 Å². The van der Waals surface area contributed by atoms with Crippen molar-refractivity contribution in [1.29, 1.82) is 0 Å². The Morgan fingerprint density at radius 2 is 2.08 bits per heavy atom. The molecule has 1 saturated carbocycles. The number of rotatable bonds is 10. The highest BCUT2D eigenvalue weighted by atomic mass is 35.5. The smallest absolute Gasteiger partial charge is 0.120 e. The van der Waals surface area contributed by atoms with Crippen molar-refractivity contribution < 1.29 is 4.74 Å². The molecular weight excluding hydrogens is 316 g/mol. The quantitative estimate of drug-likeness (QED) is 0.321. The Balaban J connectivity index is 1.65. The van der Waals surface area contributed by atoms with Crippen molar-refractivity contribution >= 4 is 11.6 Å². The maximum atomic E-state index is 5.96. The van der Waals surface area contributed by atoms with E-state index in [9.17, 15) is 0 Å². The van der Waals surface area contributed by atoms with Gasteiger partial charge in [0.05, 0.1) is 6.61 Å². The summed E-state index contributed by atoms with van der Waals surface area (Å²) in [5.74, 6) is 2.45. The fourth-order valence-corrected chi connectivity index (χ4v) is 3.58. The van der Waals surface area contributed by atoms with Crippen molar-refractivity contribution in [3.8, 4) is 5.75 Å². The van der Waals surface area contributed by atoms with Gasteiger partial charge in [-0.05, 0) is 62.1 Å². The number of unbranched alkanes of at least 4 members (excludes halogenated alkanes) is 2. The first-order valence-corrected chi connectivity index (χ1v) is 9.87. The average Bonchev–Trinajstić information content (AvgIpc) is 3.02. The van der Waals surface area contributed by atoms with Gasteiger partial charge in [-0.1, -0.05) is 68.2 Å². The second-order valence-corrected chi connectivity index (χ2v) is 7.16. The summed E-state index contributed by atoms with van der Waals surface area (Å²) in [6, 6.07) is 7.60. The van der Waals surface area contributed by atoms with Crippen molar-refractivity contribution in [3.05, 3.63) is 53.6 Å². The number of ether oxygens (including phenoxy) is 1. The Hall–Kier alpha value is -1.21. The van der Waals surface area contributed by atoms with Crippen LogP contribution in [-0.2, 0) is 0 Å². The molecule has 1 aliphatic carbocycles. The van der Waals surface area contributed by atoms with E-state index in [1.165, 1.54) is 44.9 Å². The number of hydrogen-bond donors (Lipinski definition) is 0. The lowest BCUT2D eigenvalue weighted by Crippen LogP contribution is -2.04. The summed E-state index contributed by atoms with van der Waals surface area (Å²) >= 11 is 5.96. The Bertz CT molecular complexity index is 520. The molecule has 1 aliphatic rings. The minimum atomic E-state index is 0.713. The first-order valence-electron chi connectivity index (χ1n) is 9.49. The lowest BCUT2D eigenvalue weighted by molar-refractivity contribution is 0.324. The van der Waals surface area contributed by atoms with Crippen LogP contribution in [0.25, 0.3) is 0 Å². The van der Waals surface area contributed by atoms with Crippen LogP contribution in [0.3, 0.4) is 0 Å². The predicted octanol–water partition coefficient (Wildman–Crippen LogP) is 7.22. The van der Waals surface area contributed by atoms with Crippen LogP contribution < -0.4 is 4.74 Å². The molecule has 0 bridgehead atoms. The maximum Gasteiger partial charge on any atom is 0.120 e. The van der Waals surface area contributed by atoms with E-state index < -0.39 is 0 Å². The molecule has 24 heavy (non-hydrogen) atoms. The molecule has 0 spiro atoms. The summed E-state index contributed by atoms with van der Waals surface area (Å²) in [6.07, 6.45) is 19.7. The van der Waals surface area contributed by atoms with E-state index in [0.717, 1.165) is 29.0 Å². The Morgan fingerprint density at radius 1 is 1.17 bits per heavy atom. The van der Waals surface area contributed by atoms with Gasteiger partial charge in [0.1, 0.15) is 5.75 Å². The fourth-order valence-electron chi connectivity index (χ4n) is 3.39. The van der Waals surface area contributed by atoms with Crippen LogP contribution in [0, 0.1) is 11.8 Å². The van der Waals surface area contributed by atoms with Crippen molar-refractivity contribution in [3.63, 3.8) is 0 Å². The molecule has 2 atom stereocenters. The first-order chi connectivity index (χ1) is 11.8. The van der Waals surface area contributed by atoms with E-state index in [-0.39, 0.29) is 0 Å². The van der Waals surface area contributed by atoms with Crippen LogP contribution in [0.15, 0.2) is 48.6 Å². The number of allylic oxidation sites excluding steroid dienone is 3. The molecule has 0 radical (unpaired) electrons. The lowest BCUT2D eigenvalue weighted by Gasteiger charge is -2.14. The topological polar surface area (TPSA) is 9.23 Å². The molecule has 1 aromatic carbocycles. The van der Waals surface area contributed by atoms with Gasteiger partial charge >= 0.3 is 0 Å². The van der Waals surface area contributed by atoms with E-state index >= 15 is 0 Å². The van der Waals surface area contributed by atoms with Gasteiger partial charge in [-0.3, -0.25) is 0 Å². The van der Waals surface area contributed by atoms with E-state index in [0.29, 0.717) is 6.61 Å². The SMILES string of the molecule is CCCC/C=C\C[C@H]1CCCC1/C=C/CCOc1cccc(Cl)c1. The van der Waals surface area contributed by atoms with Crippen LogP contribution in [0.2, 0.25) is 5.02 Å². The molecule has 0 heterocycles. The molecule has 1 aromatic rings. The number of halogens is 1. The van der Waals surface area contributed by atoms with Crippen LogP contribution in [-0.4, -0.2) is 6.61 Å². The van der Waals surface area contributed by atoms with E-state index in [1.807, 2.05) is 24.3 Å². The van der Waals surface area contributed by atoms with Crippen molar-refractivity contribution in [2.45, 2.75) is 58.3 Å². The summed E-state index contributed by atoms with van der Waals surface area (Å²) in [5, 5.41) is 0.726. The first kappa shape index (κ1) is 19.1. The summed E-state index contributed by atoms with van der Waals surface area (Å²) in [6.45, 7) is 2.97. The third kappa shape index (κ3) is 7.13. The van der Waals surface area contributed by atoms with Gasteiger partial charge in [0.2, 0.25) is 0 Å². The highest BCUT2D eigenvalue weighted by molar-refractivity contribution is 6.30. The molecule has 1 nitrogen and oxygen atoms in total. The van der Waals surface area contributed by atoms with E-state index in [4.69, 9.17) is 16.3 Å². The van der Waals surface area contributed by atoms with Crippen LogP contribution in [0.4, 0.5) is 0 Å². The number of hydrogen-bond acceptors (Lipinski definition) is 1. The fraction of sp³-hybridized carbons (Fsp3) is 0.545. The van der Waals surface area contributed by atoms with Gasteiger partial charge in [-0.25, -0.2) is 0 Å². The van der Waals surface area contributed by atoms with Gasteiger partial charge in [0.15, 0.2) is 0 Å². The van der Waals surface area contributed by atoms with Gasteiger partial charge in [0.25, 0.3) is 0 Å². The Morgan fingerprint density at radius 3 is 2.92 bits per heavy atom. The van der Waals surface area contributed by atoms with E-state index in [2.05, 4.69) is 31.2 Å². The lowest BCUT2D eigenvalue weighted by atomic mass is 9.92. The second kappa shape index (κ2) is 11.4. The van der Waals surface area contributed by atoms with Crippen LogP contribution in [0.5, 0.6) is 5.75 Å². The maximum absolute atomic E-state index is 5.96. The normalized spacial score (nSPS) is 21.1. The molecule has 1 unspecified atom stereocenters. The van der Waals surface area contributed by atoms with Crippen LogP contribution >= 0.6 is 11.6 Å². The zero-order valence-electron chi connectivity index (χ0n) is 14.9. The molecule has 2 heteroatoms. The molecule has 0 amide bonds. The van der Waals surface area contributed by atoms with Gasteiger partial charge in [-0.2, -0.15) is 0 Å². The minimum absolute atomic E-state index is 0.713. The van der Waals surface area contributed by atoms with E-state index in [1.54, 1.807) is 0 Å². The molecule has 132 valence electrons. The summed E-state index contributed by atoms with van der Waals surface area (Å²) < 4.78 is 5.73. The van der Waals surface area contributed by atoms with Gasteiger partial charge < -0.3 is 4.74 Å². The molecule has 1 fully saturated rings. The third-order valence-corrected chi connectivity index (χ3v) is 5.02. The molecule has 0 aromatic heterocycles. The van der Waals surface area contributed by atoms with Crippen molar-refractivity contribution in [2.75, 3.05) is 6.61 Å². The van der Waals surface area contributed by atoms with Crippen LogP contribution in [0.1, 0.15) is 58.3 Å². The molecule has 0 aliphatic heterocycles. The molecular formula is C22H31ClO. The monoisotopic (exact) mass is 346 g/mol. The Kier molecular flexibility index (Phi) is 9.05. The zero-order chi connectivity index (χ0) is 17.0. The highest BCUT2D eigenvalue weighted by Gasteiger charge is 2.23. The second-order valence-electron chi connectivity index (χ2n) is 6.73. The average molecular weight is 347 g/mol. The standard InChI is InChI=1S/C22H31ClO/c1-2-3-4-5-6-11-19-13-9-14-20(19)12-7-8-17-24-22-16-10-15-21(23)18-22/h5-7,10,12,15-16,18-20H,2-4,8-9,11,13-14,17H2,1H3/b6-5-,12-7+/t19-,20?/m0/s1. The zero-order valence-corrected chi connectivity index (χ0v) is 15.7. The minimum Gasteiger partial charge on any atom is -0.493 e. The van der Waals surface area contributed by atoms with Gasteiger partial charge in [-0.15, -0.1) is 0 Å². The van der Waals surface area contributed by atoms with Crippen molar-refractivity contribution in [2.24, 2.45) is 11.8 Å².